The molecule has 1 aliphatic rings. The van der Waals surface area contributed by atoms with Crippen LogP contribution in [0.1, 0.15) is 32.3 Å². The molecule has 17 heavy (non-hydrogen) atoms. The van der Waals surface area contributed by atoms with Crippen molar-refractivity contribution in [1.82, 2.24) is 4.90 Å². The van der Waals surface area contributed by atoms with Gasteiger partial charge in [0.05, 0.1) is 0 Å². The van der Waals surface area contributed by atoms with Crippen molar-refractivity contribution in [3.8, 4) is 0 Å². The Balaban J connectivity index is 1.85. The van der Waals surface area contributed by atoms with Gasteiger partial charge in [0.25, 0.3) is 0 Å². The molecule has 1 aliphatic carbocycles. The average molecular weight is 232 g/mol. The molecule has 2 nitrogen and oxygen atoms in total. The molecule has 0 amide bonds. The number of nitrogens with two attached hydrogens (primary N) is 1. The second kappa shape index (κ2) is 5.54. The Morgan fingerprint density at radius 2 is 2.12 bits per heavy atom. The van der Waals surface area contributed by atoms with Gasteiger partial charge >= 0.3 is 0 Å². The summed E-state index contributed by atoms with van der Waals surface area (Å²) in [5.41, 5.74) is 8.03. The summed E-state index contributed by atoms with van der Waals surface area (Å²) in [6.07, 6.45) is 3.97. The maximum atomic E-state index is 5.80. The van der Waals surface area contributed by atoms with Gasteiger partial charge in [0, 0.05) is 24.8 Å². The predicted octanol–water partition coefficient (Wildman–Crippen LogP) is 2.93. The molecule has 94 valence electrons. The molecule has 1 fully saturated rings. The second-order valence-electron chi connectivity index (χ2n) is 5.53. The minimum atomic E-state index is 0.650. The van der Waals surface area contributed by atoms with E-state index in [1.165, 1.54) is 24.9 Å². The van der Waals surface area contributed by atoms with Crippen LogP contribution in [-0.2, 0) is 6.42 Å². The number of hydrogen-bond donors (Lipinski definition) is 1. The van der Waals surface area contributed by atoms with Crippen molar-refractivity contribution in [3.63, 3.8) is 0 Å². The summed E-state index contributed by atoms with van der Waals surface area (Å²) in [6.45, 7) is 7.01. The van der Waals surface area contributed by atoms with Crippen molar-refractivity contribution in [2.45, 2.75) is 39.2 Å². The summed E-state index contributed by atoms with van der Waals surface area (Å²) in [7, 11) is 0. The van der Waals surface area contributed by atoms with Gasteiger partial charge in [-0.2, -0.15) is 0 Å². The predicted molar refractivity (Wildman–Crippen MR) is 74.0 cm³/mol. The van der Waals surface area contributed by atoms with Crippen molar-refractivity contribution >= 4 is 5.69 Å². The van der Waals surface area contributed by atoms with Crippen LogP contribution in [-0.4, -0.2) is 24.0 Å². The normalized spacial score (nSPS) is 15.8. The summed E-state index contributed by atoms with van der Waals surface area (Å²) >= 11 is 0. The summed E-state index contributed by atoms with van der Waals surface area (Å²) < 4.78 is 0. The van der Waals surface area contributed by atoms with Gasteiger partial charge in [-0.15, -0.1) is 0 Å². The summed E-state index contributed by atoms with van der Waals surface area (Å²) in [5, 5.41) is 0. The van der Waals surface area contributed by atoms with E-state index < -0.39 is 0 Å². The first-order valence-corrected chi connectivity index (χ1v) is 6.73. The quantitative estimate of drug-likeness (QED) is 0.764. The first-order valence-electron chi connectivity index (χ1n) is 6.73. The van der Waals surface area contributed by atoms with E-state index in [9.17, 15) is 0 Å². The minimum Gasteiger partial charge on any atom is -0.399 e. The zero-order valence-electron chi connectivity index (χ0n) is 11.0. The highest BCUT2D eigenvalue weighted by atomic mass is 15.1. The van der Waals surface area contributed by atoms with Gasteiger partial charge in [0.1, 0.15) is 0 Å². The molecule has 1 aromatic rings. The Kier molecular flexibility index (Phi) is 4.06. The second-order valence-corrected chi connectivity index (χ2v) is 5.53. The topological polar surface area (TPSA) is 29.3 Å². The molecule has 0 saturated heterocycles. The number of nitrogen functional groups attached to an aromatic ring is 1. The lowest BCUT2D eigenvalue weighted by atomic mass is 10.1. The Morgan fingerprint density at radius 3 is 2.71 bits per heavy atom. The zero-order chi connectivity index (χ0) is 12.3. The fraction of sp³-hybridized carbons (Fsp3) is 0.600. The van der Waals surface area contributed by atoms with E-state index in [0.29, 0.717) is 6.04 Å². The van der Waals surface area contributed by atoms with Crippen LogP contribution in [0.15, 0.2) is 24.3 Å². The van der Waals surface area contributed by atoms with Crippen LogP contribution >= 0.6 is 0 Å². The highest BCUT2D eigenvalue weighted by molar-refractivity contribution is 5.40. The monoisotopic (exact) mass is 232 g/mol. The summed E-state index contributed by atoms with van der Waals surface area (Å²) in [4.78, 5) is 2.60. The maximum Gasteiger partial charge on any atom is 0.0316 e. The van der Waals surface area contributed by atoms with Crippen LogP contribution in [0.5, 0.6) is 0 Å². The first kappa shape index (κ1) is 12.4. The fourth-order valence-electron chi connectivity index (χ4n) is 2.21. The number of benzene rings is 1. The molecule has 0 aliphatic heterocycles. The Hall–Kier alpha value is -1.02. The van der Waals surface area contributed by atoms with Crippen LogP contribution in [0.2, 0.25) is 0 Å². The minimum absolute atomic E-state index is 0.650. The van der Waals surface area contributed by atoms with E-state index >= 15 is 0 Å². The van der Waals surface area contributed by atoms with Gasteiger partial charge < -0.3 is 10.6 Å². The molecule has 0 unspecified atom stereocenters. The first-order chi connectivity index (χ1) is 8.15. The lowest BCUT2D eigenvalue weighted by molar-refractivity contribution is 0.215. The van der Waals surface area contributed by atoms with Crippen molar-refractivity contribution in [2.75, 3.05) is 18.8 Å². The zero-order valence-corrected chi connectivity index (χ0v) is 11.0. The van der Waals surface area contributed by atoms with Crippen LogP contribution < -0.4 is 5.73 Å². The van der Waals surface area contributed by atoms with E-state index in [-0.39, 0.29) is 0 Å². The van der Waals surface area contributed by atoms with Crippen LogP contribution in [0, 0.1) is 5.92 Å². The third kappa shape index (κ3) is 4.04. The molecule has 0 aromatic heterocycles. The van der Waals surface area contributed by atoms with E-state index in [2.05, 4.69) is 30.9 Å². The maximum absolute atomic E-state index is 5.80. The highest BCUT2D eigenvalue weighted by Crippen LogP contribution is 2.30. The summed E-state index contributed by atoms with van der Waals surface area (Å²) in [5.74, 6) is 0.971. The number of nitrogens with zero attached hydrogens (tertiary/aromatic N) is 1. The van der Waals surface area contributed by atoms with E-state index in [1.807, 2.05) is 12.1 Å². The van der Waals surface area contributed by atoms with Crippen molar-refractivity contribution in [2.24, 2.45) is 5.92 Å². The van der Waals surface area contributed by atoms with Gasteiger partial charge in [0.2, 0.25) is 0 Å². The van der Waals surface area contributed by atoms with Crippen molar-refractivity contribution in [1.29, 1.82) is 0 Å². The molecule has 2 rings (SSSR count). The largest absolute Gasteiger partial charge is 0.399 e. The Morgan fingerprint density at radius 1 is 1.35 bits per heavy atom. The molecule has 0 bridgehead atoms. The molecule has 0 spiro atoms. The lowest BCUT2D eigenvalue weighted by Gasteiger charge is -2.26. The van der Waals surface area contributed by atoms with E-state index in [1.54, 1.807) is 0 Å². The molecule has 1 aromatic carbocycles. The van der Waals surface area contributed by atoms with Gasteiger partial charge in [0.15, 0.2) is 0 Å². The Labute approximate surface area is 105 Å². The smallest absolute Gasteiger partial charge is 0.0316 e. The molecule has 0 heterocycles. The van der Waals surface area contributed by atoms with Crippen molar-refractivity contribution in [3.05, 3.63) is 29.8 Å². The van der Waals surface area contributed by atoms with Gasteiger partial charge in [-0.1, -0.05) is 12.1 Å². The molecule has 2 heteroatoms. The molecule has 0 radical (unpaired) electrons. The fourth-order valence-corrected chi connectivity index (χ4v) is 2.21. The van der Waals surface area contributed by atoms with Crippen LogP contribution in [0.4, 0.5) is 5.69 Å². The van der Waals surface area contributed by atoms with Gasteiger partial charge in [-0.3, -0.25) is 0 Å². The molecular formula is C15H24N2. The van der Waals surface area contributed by atoms with E-state index in [0.717, 1.165) is 24.6 Å². The molecule has 1 saturated carbocycles. The third-order valence-corrected chi connectivity index (χ3v) is 3.56. The average Bonchev–Trinajstić information content (AvgIpc) is 3.07. The SMILES string of the molecule is CC(C)N(CCc1cccc(N)c1)CC1CC1. The van der Waals surface area contributed by atoms with E-state index in [4.69, 9.17) is 5.73 Å². The van der Waals surface area contributed by atoms with Crippen LogP contribution in [0.25, 0.3) is 0 Å². The highest BCUT2D eigenvalue weighted by Gasteiger charge is 2.25. The number of rotatable bonds is 6. The molecule has 2 N–H and O–H groups in total. The third-order valence-electron chi connectivity index (χ3n) is 3.56. The van der Waals surface area contributed by atoms with Crippen LogP contribution in [0.3, 0.4) is 0 Å². The standard InChI is InChI=1S/C15H24N2/c1-12(2)17(11-14-6-7-14)9-8-13-4-3-5-15(16)10-13/h3-5,10,12,14H,6-9,11,16H2,1-2H3. The number of anilines is 1. The summed E-state index contributed by atoms with van der Waals surface area (Å²) in [6, 6.07) is 8.91. The number of hydrogen-bond acceptors (Lipinski definition) is 2. The Bertz CT molecular complexity index is 356. The molecule has 0 atom stereocenters. The van der Waals surface area contributed by atoms with Gasteiger partial charge in [-0.05, 0) is 56.7 Å². The van der Waals surface area contributed by atoms with Crippen molar-refractivity contribution < 1.29 is 0 Å². The van der Waals surface area contributed by atoms with Gasteiger partial charge in [-0.25, -0.2) is 0 Å². The lowest BCUT2D eigenvalue weighted by Crippen LogP contribution is -2.34. The molecular weight excluding hydrogens is 208 g/mol.